The van der Waals surface area contributed by atoms with E-state index in [1.165, 1.54) is 7.05 Å². The summed E-state index contributed by atoms with van der Waals surface area (Å²) in [5, 5.41) is 0.809. The van der Waals surface area contributed by atoms with Crippen molar-refractivity contribution >= 4 is 22.9 Å². The van der Waals surface area contributed by atoms with E-state index in [0.717, 1.165) is 22.0 Å². The molecule has 6 nitrogen and oxygen atoms in total. The quantitative estimate of drug-likeness (QED) is 0.656. The largest absolute Gasteiger partial charge is 0.329 e. The van der Waals surface area contributed by atoms with E-state index in [2.05, 4.69) is 9.97 Å². The molecule has 0 aromatic carbocycles. The maximum absolute atomic E-state index is 11.8. The molecule has 0 aliphatic carbocycles. The second kappa shape index (κ2) is 2.75. The highest BCUT2D eigenvalue weighted by Gasteiger charge is 2.20. The Hall–Kier alpha value is -1.50. The highest BCUT2D eigenvalue weighted by molar-refractivity contribution is 7.99. The number of fused-ring (bicyclic) bond motifs is 3. The molecule has 2 aromatic heterocycles. The molecule has 0 saturated heterocycles. The van der Waals surface area contributed by atoms with E-state index < -0.39 is 5.69 Å². The molecular formula is C8H8N4O2S. The lowest BCUT2D eigenvalue weighted by molar-refractivity contribution is 0.727. The molecular weight excluding hydrogens is 216 g/mol. The lowest BCUT2D eigenvalue weighted by Crippen LogP contribution is -2.33. The third-order valence-corrected chi connectivity index (χ3v) is 3.47. The molecule has 0 fully saturated rings. The molecule has 0 spiro atoms. The lowest BCUT2D eigenvalue weighted by Gasteiger charge is -1.98. The predicted octanol–water partition coefficient (Wildman–Crippen LogP) is -0.471. The van der Waals surface area contributed by atoms with Crippen LogP contribution in [0.3, 0.4) is 0 Å². The Morgan fingerprint density at radius 3 is 3.07 bits per heavy atom. The molecule has 78 valence electrons. The van der Waals surface area contributed by atoms with Crippen molar-refractivity contribution in [3.05, 3.63) is 20.8 Å². The van der Waals surface area contributed by atoms with Crippen LogP contribution in [0.4, 0.5) is 0 Å². The third kappa shape index (κ3) is 1.03. The first-order valence-electron chi connectivity index (χ1n) is 4.51. The molecule has 0 atom stereocenters. The fourth-order valence-corrected chi connectivity index (χ4v) is 2.67. The summed E-state index contributed by atoms with van der Waals surface area (Å²) in [5.41, 5.74) is 0.187. The third-order valence-electron chi connectivity index (χ3n) is 2.52. The van der Waals surface area contributed by atoms with E-state index in [4.69, 9.17) is 0 Å². The average molecular weight is 224 g/mol. The number of aryl methyl sites for hydroxylation is 1. The first-order chi connectivity index (χ1) is 7.18. The molecule has 0 saturated carbocycles. The van der Waals surface area contributed by atoms with Gasteiger partial charge in [-0.25, -0.2) is 9.78 Å². The van der Waals surface area contributed by atoms with Crippen molar-refractivity contribution in [3.8, 4) is 0 Å². The van der Waals surface area contributed by atoms with Crippen LogP contribution in [-0.2, 0) is 13.6 Å². The van der Waals surface area contributed by atoms with Crippen molar-refractivity contribution < 1.29 is 0 Å². The standard InChI is InChI=1S/C8H8N4O2S/c1-11-6(13)4-5(9-7(11)14)10-8-12(4)2-3-15-8/h2-3H2,1H3,(H,9,14). The zero-order valence-corrected chi connectivity index (χ0v) is 8.80. The molecule has 1 aliphatic heterocycles. The van der Waals surface area contributed by atoms with E-state index in [9.17, 15) is 9.59 Å². The average Bonchev–Trinajstić information content (AvgIpc) is 2.73. The minimum atomic E-state index is -0.422. The monoisotopic (exact) mass is 224 g/mol. The van der Waals surface area contributed by atoms with E-state index in [1.807, 2.05) is 4.57 Å². The van der Waals surface area contributed by atoms with Crippen molar-refractivity contribution in [2.24, 2.45) is 7.05 Å². The highest BCUT2D eigenvalue weighted by atomic mass is 32.2. The smallest absolute Gasteiger partial charge is 0.312 e. The number of nitrogens with one attached hydrogen (secondary N) is 1. The van der Waals surface area contributed by atoms with Gasteiger partial charge in [-0.05, 0) is 0 Å². The van der Waals surface area contributed by atoms with Gasteiger partial charge in [-0.15, -0.1) is 0 Å². The van der Waals surface area contributed by atoms with Crippen LogP contribution in [0.25, 0.3) is 11.2 Å². The number of aromatic nitrogens is 4. The topological polar surface area (TPSA) is 72.7 Å². The van der Waals surface area contributed by atoms with Crippen LogP contribution in [-0.4, -0.2) is 24.9 Å². The summed E-state index contributed by atoms with van der Waals surface area (Å²) in [6, 6.07) is 0. The normalized spacial score (nSPS) is 14.7. The van der Waals surface area contributed by atoms with Crippen molar-refractivity contribution in [1.82, 2.24) is 19.1 Å². The fourth-order valence-electron chi connectivity index (χ4n) is 1.72. The SMILES string of the molecule is Cn1c(=O)[nH]c2nc3n(c2c1=O)CCS3. The summed E-state index contributed by atoms with van der Waals surface area (Å²) in [7, 11) is 1.46. The van der Waals surface area contributed by atoms with Crippen LogP contribution >= 0.6 is 11.8 Å². The molecule has 0 radical (unpaired) electrons. The van der Waals surface area contributed by atoms with Crippen molar-refractivity contribution in [2.45, 2.75) is 11.7 Å². The van der Waals surface area contributed by atoms with Gasteiger partial charge in [0.25, 0.3) is 5.56 Å². The van der Waals surface area contributed by atoms with Gasteiger partial charge in [-0.2, -0.15) is 0 Å². The second-order valence-electron chi connectivity index (χ2n) is 3.39. The van der Waals surface area contributed by atoms with Gasteiger partial charge < -0.3 is 4.57 Å². The van der Waals surface area contributed by atoms with Crippen molar-refractivity contribution in [2.75, 3.05) is 5.75 Å². The summed E-state index contributed by atoms with van der Waals surface area (Å²) in [6.45, 7) is 0.776. The van der Waals surface area contributed by atoms with Crippen LogP contribution < -0.4 is 11.2 Å². The Kier molecular flexibility index (Phi) is 1.61. The molecule has 0 bridgehead atoms. The Labute approximate surface area is 87.9 Å². The van der Waals surface area contributed by atoms with Gasteiger partial charge in [0.15, 0.2) is 16.3 Å². The lowest BCUT2D eigenvalue weighted by atomic mass is 10.5. The van der Waals surface area contributed by atoms with Gasteiger partial charge in [0.05, 0.1) is 0 Å². The van der Waals surface area contributed by atoms with Crippen LogP contribution in [0.1, 0.15) is 0 Å². The number of H-pyrrole nitrogens is 1. The van der Waals surface area contributed by atoms with Crippen molar-refractivity contribution in [3.63, 3.8) is 0 Å². The number of aromatic amines is 1. The number of hydrogen-bond acceptors (Lipinski definition) is 4. The van der Waals surface area contributed by atoms with Gasteiger partial charge in [0.2, 0.25) is 0 Å². The van der Waals surface area contributed by atoms with Gasteiger partial charge in [0.1, 0.15) is 0 Å². The highest BCUT2D eigenvalue weighted by Crippen LogP contribution is 2.26. The second-order valence-corrected chi connectivity index (χ2v) is 4.45. The van der Waals surface area contributed by atoms with E-state index in [0.29, 0.717) is 11.2 Å². The predicted molar refractivity (Wildman–Crippen MR) is 56.3 cm³/mol. The molecule has 7 heteroatoms. The summed E-state index contributed by atoms with van der Waals surface area (Å²) in [6.07, 6.45) is 0. The van der Waals surface area contributed by atoms with Crippen LogP contribution in [0.2, 0.25) is 0 Å². The van der Waals surface area contributed by atoms with Gasteiger partial charge in [-0.1, -0.05) is 11.8 Å². The van der Waals surface area contributed by atoms with E-state index in [1.54, 1.807) is 11.8 Å². The zero-order valence-electron chi connectivity index (χ0n) is 7.98. The van der Waals surface area contributed by atoms with Crippen LogP contribution in [0, 0.1) is 0 Å². The first-order valence-corrected chi connectivity index (χ1v) is 5.49. The summed E-state index contributed by atoms with van der Waals surface area (Å²) in [5.74, 6) is 0.931. The minimum Gasteiger partial charge on any atom is -0.312 e. The van der Waals surface area contributed by atoms with E-state index in [-0.39, 0.29) is 5.56 Å². The Morgan fingerprint density at radius 1 is 1.47 bits per heavy atom. The number of hydrogen-bond donors (Lipinski definition) is 1. The number of imidazole rings is 1. The molecule has 3 rings (SSSR count). The summed E-state index contributed by atoms with van der Waals surface area (Å²) >= 11 is 1.60. The molecule has 1 N–H and O–H groups in total. The van der Waals surface area contributed by atoms with Crippen LogP contribution in [0.5, 0.6) is 0 Å². The number of nitrogens with zero attached hydrogens (tertiary/aromatic N) is 3. The molecule has 15 heavy (non-hydrogen) atoms. The number of thioether (sulfide) groups is 1. The maximum Gasteiger partial charge on any atom is 0.329 e. The van der Waals surface area contributed by atoms with Gasteiger partial charge in [0, 0.05) is 19.3 Å². The summed E-state index contributed by atoms with van der Waals surface area (Å²) in [4.78, 5) is 30.0. The van der Waals surface area contributed by atoms with Crippen molar-refractivity contribution in [1.29, 1.82) is 0 Å². The summed E-state index contributed by atoms with van der Waals surface area (Å²) < 4.78 is 2.93. The van der Waals surface area contributed by atoms with Gasteiger partial charge in [-0.3, -0.25) is 14.3 Å². The van der Waals surface area contributed by atoms with Crippen LogP contribution in [0.15, 0.2) is 14.7 Å². The molecule has 3 heterocycles. The fraction of sp³-hybridized carbons (Fsp3) is 0.375. The molecule has 2 aromatic rings. The maximum atomic E-state index is 11.8. The zero-order chi connectivity index (χ0) is 10.6. The number of rotatable bonds is 0. The van der Waals surface area contributed by atoms with E-state index >= 15 is 0 Å². The Bertz CT molecular complexity index is 666. The molecule has 0 unspecified atom stereocenters. The van der Waals surface area contributed by atoms with Gasteiger partial charge >= 0.3 is 5.69 Å². The minimum absolute atomic E-state index is 0.282. The Balaban J connectivity index is 2.57. The molecule has 1 aliphatic rings. The molecule has 0 amide bonds. The first kappa shape index (κ1) is 8.78. The Morgan fingerprint density at radius 2 is 2.27 bits per heavy atom.